The third-order valence-electron chi connectivity index (χ3n) is 4.76. The van der Waals surface area contributed by atoms with Gasteiger partial charge < -0.3 is 24.8 Å². The predicted octanol–water partition coefficient (Wildman–Crippen LogP) is 4.19. The number of nitrogens with one attached hydrogen (secondary N) is 2. The highest BCUT2D eigenvalue weighted by Gasteiger charge is 2.18. The van der Waals surface area contributed by atoms with Gasteiger partial charge in [-0.05, 0) is 41.8 Å². The maximum atomic E-state index is 12.8. The van der Waals surface area contributed by atoms with Gasteiger partial charge in [0.2, 0.25) is 0 Å². The molecule has 1 heterocycles. The van der Waals surface area contributed by atoms with Crippen molar-refractivity contribution in [2.45, 2.75) is 6.29 Å². The van der Waals surface area contributed by atoms with Crippen LogP contribution in [0.15, 0.2) is 54.6 Å². The summed E-state index contributed by atoms with van der Waals surface area (Å²) >= 11 is 0. The molecule has 2 N–H and O–H groups in total. The number of fused-ring (bicyclic) bond motifs is 1. The van der Waals surface area contributed by atoms with Gasteiger partial charge in [-0.15, -0.1) is 0 Å². The summed E-state index contributed by atoms with van der Waals surface area (Å²) in [4.78, 5) is 12.8. The van der Waals surface area contributed by atoms with Crippen LogP contribution in [0.5, 0.6) is 5.75 Å². The Bertz CT molecular complexity index is 995. The molecule has 28 heavy (non-hydrogen) atoms. The number of benzene rings is 3. The van der Waals surface area contributed by atoms with E-state index in [4.69, 9.17) is 14.2 Å². The Hall–Kier alpha value is -3.09. The third-order valence-corrected chi connectivity index (χ3v) is 4.76. The van der Waals surface area contributed by atoms with Gasteiger partial charge in [0, 0.05) is 34.9 Å². The summed E-state index contributed by atoms with van der Waals surface area (Å²) in [5.41, 5.74) is 3.10. The molecule has 0 aromatic heterocycles. The highest BCUT2D eigenvalue weighted by molar-refractivity contribution is 6.09. The molecular weight excluding hydrogens is 356 g/mol. The standard InChI is InChI=1S/C22H22N2O4/c1-23-20-12-16(11-15-5-8-18(26-2)13-19(15)20)21(25)24-17-6-3-14(4-7-17)22-27-9-10-28-22/h3-8,11-13,22-23H,9-10H2,1-2H3,(H,24,25). The first-order valence-corrected chi connectivity index (χ1v) is 9.12. The maximum absolute atomic E-state index is 12.8. The van der Waals surface area contributed by atoms with Crippen LogP contribution in [0.4, 0.5) is 11.4 Å². The molecule has 4 rings (SSSR count). The van der Waals surface area contributed by atoms with Crippen molar-refractivity contribution < 1.29 is 19.0 Å². The van der Waals surface area contributed by atoms with Crippen molar-refractivity contribution in [3.05, 3.63) is 65.7 Å². The molecule has 0 radical (unpaired) electrons. The Kier molecular flexibility index (Phi) is 5.14. The van der Waals surface area contributed by atoms with Gasteiger partial charge in [0.15, 0.2) is 6.29 Å². The van der Waals surface area contributed by atoms with E-state index in [1.165, 1.54) is 0 Å². The summed E-state index contributed by atoms with van der Waals surface area (Å²) in [6.07, 6.45) is -0.319. The fourth-order valence-electron chi connectivity index (χ4n) is 3.28. The number of hydrogen-bond donors (Lipinski definition) is 2. The second kappa shape index (κ2) is 7.88. The molecule has 0 aliphatic carbocycles. The molecule has 1 amide bonds. The second-order valence-electron chi connectivity index (χ2n) is 6.51. The monoisotopic (exact) mass is 378 g/mol. The van der Waals surface area contributed by atoms with Crippen LogP contribution in [0.2, 0.25) is 0 Å². The Morgan fingerprint density at radius 2 is 1.79 bits per heavy atom. The topological polar surface area (TPSA) is 68.8 Å². The molecule has 1 saturated heterocycles. The molecular formula is C22H22N2O4. The summed E-state index contributed by atoms with van der Waals surface area (Å²) in [6, 6.07) is 17.0. The summed E-state index contributed by atoms with van der Waals surface area (Å²) in [7, 11) is 3.47. The molecule has 1 aliphatic rings. The van der Waals surface area contributed by atoms with Crippen LogP contribution in [0.25, 0.3) is 10.8 Å². The maximum Gasteiger partial charge on any atom is 0.255 e. The highest BCUT2D eigenvalue weighted by atomic mass is 16.7. The van der Waals surface area contributed by atoms with Gasteiger partial charge in [-0.25, -0.2) is 0 Å². The van der Waals surface area contributed by atoms with Crippen molar-refractivity contribution in [3.63, 3.8) is 0 Å². The molecule has 0 spiro atoms. The van der Waals surface area contributed by atoms with Crippen molar-refractivity contribution >= 4 is 28.1 Å². The Balaban J connectivity index is 1.56. The minimum atomic E-state index is -0.319. The zero-order valence-electron chi connectivity index (χ0n) is 15.8. The predicted molar refractivity (Wildman–Crippen MR) is 109 cm³/mol. The third kappa shape index (κ3) is 3.65. The summed E-state index contributed by atoms with van der Waals surface area (Å²) in [5, 5.41) is 8.06. The SMILES string of the molecule is CNc1cc(C(=O)Nc2ccc(C3OCCO3)cc2)cc2ccc(OC)cc12. The van der Waals surface area contributed by atoms with E-state index >= 15 is 0 Å². The first-order valence-electron chi connectivity index (χ1n) is 9.12. The van der Waals surface area contributed by atoms with Gasteiger partial charge in [-0.1, -0.05) is 18.2 Å². The van der Waals surface area contributed by atoms with E-state index in [-0.39, 0.29) is 12.2 Å². The Morgan fingerprint density at radius 3 is 2.46 bits per heavy atom. The average molecular weight is 378 g/mol. The second-order valence-corrected chi connectivity index (χ2v) is 6.51. The zero-order chi connectivity index (χ0) is 19.5. The Labute approximate surface area is 163 Å². The van der Waals surface area contributed by atoms with Crippen LogP contribution in [0.1, 0.15) is 22.2 Å². The molecule has 144 valence electrons. The quantitative estimate of drug-likeness (QED) is 0.697. The first kappa shape index (κ1) is 18.3. The molecule has 0 unspecified atom stereocenters. The minimum absolute atomic E-state index is 0.171. The van der Waals surface area contributed by atoms with E-state index < -0.39 is 0 Å². The van der Waals surface area contributed by atoms with Crippen LogP contribution in [0, 0.1) is 0 Å². The number of ether oxygens (including phenoxy) is 3. The van der Waals surface area contributed by atoms with Gasteiger partial charge in [0.05, 0.1) is 20.3 Å². The average Bonchev–Trinajstić information content (AvgIpc) is 3.28. The lowest BCUT2D eigenvalue weighted by molar-refractivity contribution is -0.0441. The van der Waals surface area contributed by atoms with E-state index in [1.807, 2.05) is 61.6 Å². The normalized spacial score (nSPS) is 14.2. The fourth-order valence-corrected chi connectivity index (χ4v) is 3.28. The minimum Gasteiger partial charge on any atom is -0.497 e. The van der Waals surface area contributed by atoms with Gasteiger partial charge >= 0.3 is 0 Å². The first-order chi connectivity index (χ1) is 13.7. The lowest BCUT2D eigenvalue weighted by Crippen LogP contribution is -2.12. The molecule has 6 heteroatoms. The smallest absolute Gasteiger partial charge is 0.255 e. The lowest BCUT2D eigenvalue weighted by Gasteiger charge is -2.13. The molecule has 1 fully saturated rings. The van der Waals surface area contributed by atoms with Crippen molar-refractivity contribution in [2.75, 3.05) is 38.0 Å². The van der Waals surface area contributed by atoms with E-state index in [2.05, 4.69) is 10.6 Å². The van der Waals surface area contributed by atoms with Crippen LogP contribution in [0.3, 0.4) is 0 Å². The fraction of sp³-hybridized carbons (Fsp3) is 0.227. The number of methoxy groups -OCH3 is 1. The van der Waals surface area contributed by atoms with Crippen LogP contribution >= 0.6 is 0 Å². The van der Waals surface area contributed by atoms with Crippen LogP contribution in [-0.2, 0) is 9.47 Å². The van der Waals surface area contributed by atoms with Gasteiger partial charge in [0.1, 0.15) is 5.75 Å². The molecule has 3 aromatic carbocycles. The molecule has 6 nitrogen and oxygen atoms in total. The van der Waals surface area contributed by atoms with Crippen molar-refractivity contribution in [1.82, 2.24) is 0 Å². The number of amides is 1. The van der Waals surface area contributed by atoms with Gasteiger partial charge in [0.25, 0.3) is 5.91 Å². The van der Waals surface area contributed by atoms with Gasteiger partial charge in [-0.2, -0.15) is 0 Å². The molecule has 1 aliphatic heterocycles. The number of rotatable bonds is 5. The molecule has 0 bridgehead atoms. The number of carbonyl (C=O) groups is 1. The molecule has 0 saturated carbocycles. The summed E-state index contributed by atoms with van der Waals surface area (Å²) < 4.78 is 16.3. The number of hydrogen-bond acceptors (Lipinski definition) is 5. The van der Waals surface area contributed by atoms with E-state index in [0.717, 1.165) is 27.8 Å². The van der Waals surface area contributed by atoms with Gasteiger partial charge in [-0.3, -0.25) is 4.79 Å². The summed E-state index contributed by atoms with van der Waals surface area (Å²) in [5.74, 6) is 0.604. The van der Waals surface area contributed by atoms with Crippen molar-refractivity contribution in [2.24, 2.45) is 0 Å². The lowest BCUT2D eigenvalue weighted by atomic mass is 10.0. The number of anilines is 2. The number of carbonyl (C=O) groups excluding carboxylic acids is 1. The molecule has 0 atom stereocenters. The van der Waals surface area contributed by atoms with E-state index in [9.17, 15) is 4.79 Å². The van der Waals surface area contributed by atoms with Crippen molar-refractivity contribution in [1.29, 1.82) is 0 Å². The van der Waals surface area contributed by atoms with Crippen molar-refractivity contribution in [3.8, 4) is 5.75 Å². The highest BCUT2D eigenvalue weighted by Crippen LogP contribution is 2.30. The largest absolute Gasteiger partial charge is 0.497 e. The zero-order valence-corrected chi connectivity index (χ0v) is 15.8. The van der Waals surface area contributed by atoms with E-state index in [0.29, 0.717) is 24.5 Å². The van der Waals surface area contributed by atoms with Crippen LogP contribution < -0.4 is 15.4 Å². The van der Waals surface area contributed by atoms with Crippen LogP contribution in [-0.4, -0.2) is 33.3 Å². The molecule has 3 aromatic rings. The van der Waals surface area contributed by atoms with E-state index in [1.54, 1.807) is 7.11 Å². The summed E-state index contributed by atoms with van der Waals surface area (Å²) in [6.45, 7) is 1.20. The Morgan fingerprint density at radius 1 is 1.04 bits per heavy atom.